The lowest BCUT2D eigenvalue weighted by molar-refractivity contribution is 0.0696. The second-order valence-corrected chi connectivity index (χ2v) is 5.58. The van der Waals surface area contributed by atoms with E-state index < -0.39 is 5.97 Å². The van der Waals surface area contributed by atoms with Crippen molar-refractivity contribution in [2.45, 2.75) is 17.0 Å². The molecule has 2 rings (SSSR count). The van der Waals surface area contributed by atoms with Crippen molar-refractivity contribution in [1.82, 2.24) is 9.97 Å². The fraction of sp³-hybridized carbons (Fsp3) is 0.0833. The summed E-state index contributed by atoms with van der Waals surface area (Å²) in [5, 5.41) is 9.57. The van der Waals surface area contributed by atoms with Gasteiger partial charge in [-0.2, -0.15) is 0 Å². The van der Waals surface area contributed by atoms with Gasteiger partial charge in [0.2, 0.25) is 0 Å². The van der Waals surface area contributed by atoms with Crippen LogP contribution in [0.3, 0.4) is 0 Å². The molecule has 2 aromatic rings. The van der Waals surface area contributed by atoms with Crippen molar-refractivity contribution < 1.29 is 9.90 Å². The molecular formula is C12H9BrN2O2S. The minimum Gasteiger partial charge on any atom is -0.478 e. The van der Waals surface area contributed by atoms with E-state index in [4.69, 9.17) is 5.11 Å². The molecule has 1 N–H and O–H groups in total. The largest absolute Gasteiger partial charge is 0.478 e. The maximum atomic E-state index is 10.9. The molecule has 0 spiro atoms. The van der Waals surface area contributed by atoms with Crippen molar-refractivity contribution >= 4 is 33.7 Å². The number of hydrogen-bond acceptors (Lipinski definition) is 4. The molecule has 6 heteroatoms. The molecule has 92 valence electrons. The van der Waals surface area contributed by atoms with Crippen LogP contribution in [0.5, 0.6) is 0 Å². The topological polar surface area (TPSA) is 63.1 Å². The number of aromatic carboxylic acids is 1. The molecule has 0 amide bonds. The van der Waals surface area contributed by atoms with Gasteiger partial charge in [-0.15, -0.1) is 0 Å². The van der Waals surface area contributed by atoms with Crippen molar-refractivity contribution in [3.05, 3.63) is 46.2 Å². The lowest BCUT2D eigenvalue weighted by Crippen LogP contribution is -1.96. The minimum absolute atomic E-state index is 0.235. The summed E-state index contributed by atoms with van der Waals surface area (Å²) in [4.78, 5) is 20.1. The van der Waals surface area contributed by atoms with Crippen LogP contribution < -0.4 is 0 Å². The van der Waals surface area contributed by atoms with Gasteiger partial charge in [0, 0.05) is 21.8 Å². The highest BCUT2D eigenvalue weighted by Crippen LogP contribution is 2.28. The first-order valence-corrected chi connectivity index (χ1v) is 6.66. The molecule has 0 fully saturated rings. The van der Waals surface area contributed by atoms with E-state index in [-0.39, 0.29) is 5.56 Å². The molecule has 0 radical (unpaired) electrons. The van der Waals surface area contributed by atoms with Gasteiger partial charge in [-0.05, 0) is 42.4 Å². The van der Waals surface area contributed by atoms with Crippen molar-refractivity contribution in [2.24, 2.45) is 0 Å². The monoisotopic (exact) mass is 324 g/mol. The number of carbonyl (C=O) groups is 1. The minimum atomic E-state index is -0.956. The molecule has 18 heavy (non-hydrogen) atoms. The van der Waals surface area contributed by atoms with E-state index in [1.54, 1.807) is 24.5 Å². The zero-order valence-electron chi connectivity index (χ0n) is 9.42. The predicted octanol–water partition coefficient (Wildman–Crippen LogP) is 3.40. The highest BCUT2D eigenvalue weighted by Gasteiger charge is 2.08. The Morgan fingerprint density at radius 3 is 2.56 bits per heavy atom. The number of benzene rings is 1. The van der Waals surface area contributed by atoms with Gasteiger partial charge < -0.3 is 5.11 Å². The Hall–Kier alpha value is -1.40. The van der Waals surface area contributed by atoms with Crippen LogP contribution in [0.2, 0.25) is 0 Å². The number of rotatable bonds is 3. The van der Waals surface area contributed by atoms with Gasteiger partial charge in [-0.25, -0.2) is 14.8 Å². The number of aryl methyl sites for hydroxylation is 1. The van der Waals surface area contributed by atoms with Crippen LogP contribution in [0, 0.1) is 6.92 Å². The van der Waals surface area contributed by atoms with Gasteiger partial charge in [0.15, 0.2) is 5.16 Å². The third-order valence-corrected chi connectivity index (χ3v) is 3.41. The molecule has 0 bridgehead atoms. The molecule has 0 aliphatic carbocycles. The summed E-state index contributed by atoms with van der Waals surface area (Å²) in [6, 6.07) is 4.99. The second-order valence-electron chi connectivity index (χ2n) is 3.63. The van der Waals surface area contributed by atoms with Crippen molar-refractivity contribution in [1.29, 1.82) is 0 Å². The van der Waals surface area contributed by atoms with E-state index in [1.165, 1.54) is 11.8 Å². The van der Waals surface area contributed by atoms with Crippen molar-refractivity contribution in [2.75, 3.05) is 0 Å². The van der Waals surface area contributed by atoms with E-state index in [2.05, 4.69) is 25.9 Å². The summed E-state index contributed by atoms with van der Waals surface area (Å²) < 4.78 is 0.719. The van der Waals surface area contributed by atoms with E-state index in [1.807, 2.05) is 13.0 Å². The molecule has 0 unspecified atom stereocenters. The number of nitrogens with zero attached hydrogens (tertiary/aromatic N) is 2. The highest BCUT2D eigenvalue weighted by molar-refractivity contribution is 9.10. The van der Waals surface area contributed by atoms with Crippen LogP contribution in [-0.2, 0) is 0 Å². The first-order chi connectivity index (χ1) is 8.54. The van der Waals surface area contributed by atoms with Gasteiger partial charge in [-0.1, -0.05) is 15.9 Å². The van der Waals surface area contributed by atoms with E-state index in [0.29, 0.717) is 5.16 Å². The second kappa shape index (κ2) is 5.49. The molecule has 0 saturated carbocycles. The Labute approximate surface area is 117 Å². The average Bonchev–Trinajstić information content (AvgIpc) is 2.31. The smallest absolute Gasteiger partial charge is 0.335 e. The Morgan fingerprint density at radius 2 is 1.94 bits per heavy atom. The van der Waals surface area contributed by atoms with Crippen molar-refractivity contribution in [3.8, 4) is 0 Å². The number of carboxylic acids is 1. The fourth-order valence-electron chi connectivity index (χ4n) is 1.28. The SMILES string of the molecule is Cc1cnc(Sc2cc(Br)cc(C(=O)O)c2)nc1. The van der Waals surface area contributed by atoms with Gasteiger partial charge in [0.1, 0.15) is 0 Å². The van der Waals surface area contributed by atoms with E-state index in [0.717, 1.165) is 14.9 Å². The van der Waals surface area contributed by atoms with Crippen LogP contribution in [-0.4, -0.2) is 21.0 Å². The summed E-state index contributed by atoms with van der Waals surface area (Å²) in [5.74, 6) is -0.956. The zero-order chi connectivity index (χ0) is 13.1. The Bertz CT molecular complexity index is 587. The van der Waals surface area contributed by atoms with Gasteiger partial charge >= 0.3 is 5.97 Å². The van der Waals surface area contributed by atoms with Gasteiger partial charge in [0.25, 0.3) is 0 Å². The van der Waals surface area contributed by atoms with Gasteiger partial charge in [-0.3, -0.25) is 0 Å². The Morgan fingerprint density at radius 1 is 1.28 bits per heavy atom. The first kappa shape index (κ1) is 13.0. The van der Waals surface area contributed by atoms with E-state index >= 15 is 0 Å². The van der Waals surface area contributed by atoms with Crippen LogP contribution in [0.1, 0.15) is 15.9 Å². The number of hydrogen-bond donors (Lipinski definition) is 1. The molecule has 0 saturated heterocycles. The lowest BCUT2D eigenvalue weighted by Gasteiger charge is -2.03. The maximum absolute atomic E-state index is 10.9. The lowest BCUT2D eigenvalue weighted by atomic mass is 10.2. The van der Waals surface area contributed by atoms with Crippen LogP contribution in [0.4, 0.5) is 0 Å². The molecule has 0 aliphatic rings. The summed E-state index contributed by atoms with van der Waals surface area (Å²) in [6.45, 7) is 1.91. The van der Waals surface area contributed by atoms with Gasteiger partial charge in [0.05, 0.1) is 5.56 Å². The highest BCUT2D eigenvalue weighted by atomic mass is 79.9. The third-order valence-electron chi connectivity index (χ3n) is 2.08. The molecule has 0 atom stereocenters. The summed E-state index contributed by atoms with van der Waals surface area (Å²) >= 11 is 4.62. The average molecular weight is 325 g/mol. The Kier molecular flexibility index (Phi) is 3.98. The molecule has 1 aromatic heterocycles. The van der Waals surface area contributed by atoms with Crippen LogP contribution >= 0.6 is 27.7 Å². The number of carboxylic acid groups (broad SMARTS) is 1. The predicted molar refractivity (Wildman–Crippen MR) is 72.0 cm³/mol. The van der Waals surface area contributed by atoms with Crippen LogP contribution in [0.15, 0.2) is 45.1 Å². The van der Waals surface area contributed by atoms with Crippen molar-refractivity contribution in [3.63, 3.8) is 0 Å². The Balaban J connectivity index is 2.28. The third kappa shape index (κ3) is 3.30. The summed E-state index contributed by atoms with van der Waals surface area (Å²) in [6.07, 6.45) is 3.46. The molecular weight excluding hydrogens is 316 g/mol. The maximum Gasteiger partial charge on any atom is 0.335 e. The number of aromatic nitrogens is 2. The summed E-state index contributed by atoms with van der Waals surface area (Å²) in [5.41, 5.74) is 1.22. The molecule has 4 nitrogen and oxygen atoms in total. The fourth-order valence-corrected chi connectivity index (χ4v) is 2.72. The zero-order valence-corrected chi connectivity index (χ0v) is 11.8. The standard InChI is InChI=1S/C12H9BrN2O2S/c1-7-5-14-12(15-6-7)18-10-3-8(11(16)17)2-9(13)4-10/h2-6H,1H3,(H,16,17). The quantitative estimate of drug-likeness (QED) is 0.877. The summed E-state index contributed by atoms with van der Waals surface area (Å²) in [7, 11) is 0. The number of halogens is 1. The van der Waals surface area contributed by atoms with Crippen LogP contribution in [0.25, 0.3) is 0 Å². The first-order valence-electron chi connectivity index (χ1n) is 5.05. The molecule has 0 aliphatic heterocycles. The normalized spacial score (nSPS) is 10.3. The van der Waals surface area contributed by atoms with E-state index in [9.17, 15) is 4.79 Å². The molecule has 1 heterocycles. The molecule has 1 aromatic carbocycles.